The molecule has 1 saturated carbocycles. The van der Waals surface area contributed by atoms with E-state index >= 15 is 0 Å². The summed E-state index contributed by atoms with van der Waals surface area (Å²) in [6.07, 6.45) is 2.32. The highest BCUT2D eigenvalue weighted by atomic mass is 32.2. The van der Waals surface area contributed by atoms with Crippen LogP contribution < -0.4 is 5.73 Å². The number of ketones is 1. The molecule has 1 aromatic heterocycles. The molecule has 0 aliphatic heterocycles. The van der Waals surface area contributed by atoms with Gasteiger partial charge in [0.1, 0.15) is 11.6 Å². The summed E-state index contributed by atoms with van der Waals surface area (Å²) in [5, 5.41) is 8.62. The van der Waals surface area contributed by atoms with Crippen molar-refractivity contribution < 1.29 is 14.0 Å². The maximum absolute atomic E-state index is 13.0. The van der Waals surface area contributed by atoms with Gasteiger partial charge in [-0.05, 0) is 44.0 Å². The molecule has 1 amide bonds. The van der Waals surface area contributed by atoms with Crippen molar-refractivity contribution in [3.05, 3.63) is 41.5 Å². The van der Waals surface area contributed by atoms with Crippen LogP contribution in [-0.2, 0) is 11.3 Å². The Balaban J connectivity index is 1.75. The van der Waals surface area contributed by atoms with Gasteiger partial charge in [0.25, 0.3) is 0 Å². The van der Waals surface area contributed by atoms with Crippen molar-refractivity contribution in [1.29, 1.82) is 0 Å². The number of Topliss-reactive ketones (excluding diaryl/α,β-unsaturated/α-hetero) is 1. The van der Waals surface area contributed by atoms with Gasteiger partial charge >= 0.3 is 0 Å². The Morgan fingerprint density at radius 3 is 2.60 bits per heavy atom. The van der Waals surface area contributed by atoms with Gasteiger partial charge in [-0.3, -0.25) is 9.59 Å². The highest BCUT2D eigenvalue weighted by Gasteiger charge is 2.31. The van der Waals surface area contributed by atoms with Crippen LogP contribution in [0.15, 0.2) is 29.4 Å². The summed E-state index contributed by atoms with van der Waals surface area (Å²) in [7, 11) is 0. The lowest BCUT2D eigenvalue weighted by atomic mass is 10.1. The molecule has 1 unspecified atom stereocenters. The molecule has 1 aliphatic carbocycles. The number of amides is 1. The fraction of sp³-hybridized carbons (Fsp3) is 0.412. The first-order valence-corrected chi connectivity index (χ1v) is 9.01. The molecule has 0 saturated heterocycles. The van der Waals surface area contributed by atoms with Crippen molar-refractivity contribution in [1.82, 2.24) is 14.8 Å². The third-order valence-corrected chi connectivity index (χ3v) is 5.13. The standard InChI is InChI=1S/C17H19FN4O2S/c1-10(15(24)11-4-6-13(18)7-5-11)25-17-21-20-16(12-2-3-12)22(17)9-8-14(19)23/h4-7,10,12H,2-3,8-9H2,1H3,(H2,19,23). The number of benzene rings is 1. The highest BCUT2D eigenvalue weighted by Crippen LogP contribution is 2.40. The van der Waals surface area contributed by atoms with Crippen LogP contribution in [0.1, 0.15) is 48.3 Å². The van der Waals surface area contributed by atoms with Crippen LogP contribution in [0.4, 0.5) is 4.39 Å². The summed E-state index contributed by atoms with van der Waals surface area (Å²) in [5.74, 6) is 0.351. The second-order valence-corrected chi connectivity index (χ2v) is 7.42. The minimum Gasteiger partial charge on any atom is -0.370 e. The van der Waals surface area contributed by atoms with E-state index in [0.29, 0.717) is 23.2 Å². The topological polar surface area (TPSA) is 90.9 Å². The van der Waals surface area contributed by atoms with Gasteiger partial charge in [-0.15, -0.1) is 10.2 Å². The van der Waals surface area contributed by atoms with E-state index in [9.17, 15) is 14.0 Å². The first-order valence-electron chi connectivity index (χ1n) is 8.13. The van der Waals surface area contributed by atoms with Crippen molar-refractivity contribution in [2.24, 2.45) is 5.73 Å². The second kappa shape index (κ2) is 7.35. The molecule has 1 fully saturated rings. The van der Waals surface area contributed by atoms with E-state index in [4.69, 9.17) is 5.73 Å². The van der Waals surface area contributed by atoms with E-state index in [1.807, 2.05) is 4.57 Å². The molecule has 0 radical (unpaired) electrons. The van der Waals surface area contributed by atoms with E-state index < -0.39 is 5.25 Å². The molecule has 132 valence electrons. The Bertz CT molecular complexity index is 786. The Kier molecular flexibility index (Phi) is 5.17. The lowest BCUT2D eigenvalue weighted by Crippen LogP contribution is -2.17. The number of nitrogens with two attached hydrogens (primary N) is 1. The van der Waals surface area contributed by atoms with E-state index in [-0.39, 0.29) is 23.9 Å². The van der Waals surface area contributed by atoms with Gasteiger partial charge in [-0.2, -0.15) is 0 Å². The van der Waals surface area contributed by atoms with Crippen LogP contribution in [0.5, 0.6) is 0 Å². The maximum Gasteiger partial charge on any atom is 0.219 e. The molecule has 1 aliphatic rings. The third-order valence-electron chi connectivity index (χ3n) is 4.05. The van der Waals surface area contributed by atoms with Gasteiger partial charge in [0.05, 0.1) is 5.25 Å². The molecule has 0 bridgehead atoms. The predicted molar refractivity (Wildman–Crippen MR) is 91.9 cm³/mol. The highest BCUT2D eigenvalue weighted by molar-refractivity contribution is 8.00. The van der Waals surface area contributed by atoms with E-state index in [1.165, 1.54) is 36.0 Å². The number of hydrogen-bond acceptors (Lipinski definition) is 5. The van der Waals surface area contributed by atoms with E-state index in [1.54, 1.807) is 6.92 Å². The molecule has 2 N–H and O–H groups in total. The molecule has 0 spiro atoms. The Labute approximate surface area is 149 Å². The van der Waals surface area contributed by atoms with Crippen LogP contribution in [-0.4, -0.2) is 31.7 Å². The van der Waals surface area contributed by atoms with Crippen LogP contribution in [0.3, 0.4) is 0 Å². The summed E-state index contributed by atoms with van der Waals surface area (Å²) < 4.78 is 14.9. The number of primary amides is 1. The molecule has 2 aromatic rings. The predicted octanol–water partition coefficient (Wildman–Crippen LogP) is 2.53. The summed E-state index contributed by atoms with van der Waals surface area (Å²) in [6.45, 7) is 2.19. The second-order valence-electron chi connectivity index (χ2n) is 6.11. The van der Waals surface area contributed by atoms with Crippen LogP contribution in [0.25, 0.3) is 0 Å². The fourth-order valence-electron chi connectivity index (χ4n) is 2.52. The maximum atomic E-state index is 13.0. The van der Waals surface area contributed by atoms with Crippen LogP contribution in [0.2, 0.25) is 0 Å². The van der Waals surface area contributed by atoms with Crippen molar-refractivity contribution >= 4 is 23.5 Å². The van der Waals surface area contributed by atoms with E-state index in [2.05, 4.69) is 10.2 Å². The molecule has 8 heteroatoms. The first-order chi connectivity index (χ1) is 12.0. The number of carbonyl (C=O) groups excluding carboxylic acids is 2. The molecule has 1 aromatic carbocycles. The van der Waals surface area contributed by atoms with Crippen molar-refractivity contribution in [3.8, 4) is 0 Å². The van der Waals surface area contributed by atoms with Gasteiger partial charge in [0.2, 0.25) is 5.91 Å². The monoisotopic (exact) mass is 362 g/mol. The summed E-state index contributed by atoms with van der Waals surface area (Å²) in [4.78, 5) is 23.6. The zero-order chi connectivity index (χ0) is 18.0. The lowest BCUT2D eigenvalue weighted by Gasteiger charge is -2.12. The molecule has 6 nitrogen and oxygen atoms in total. The summed E-state index contributed by atoms with van der Waals surface area (Å²) in [6, 6.07) is 5.49. The average molecular weight is 362 g/mol. The number of halogens is 1. The lowest BCUT2D eigenvalue weighted by molar-refractivity contribution is -0.118. The largest absolute Gasteiger partial charge is 0.370 e. The number of hydrogen-bond donors (Lipinski definition) is 1. The van der Waals surface area contributed by atoms with Gasteiger partial charge in [-0.1, -0.05) is 11.8 Å². The number of rotatable bonds is 8. The average Bonchev–Trinajstić information content (AvgIpc) is 3.35. The zero-order valence-electron chi connectivity index (χ0n) is 13.8. The number of nitrogens with zero attached hydrogens (tertiary/aromatic N) is 3. The molecule has 3 rings (SSSR count). The Morgan fingerprint density at radius 2 is 2.00 bits per heavy atom. The van der Waals surface area contributed by atoms with Crippen LogP contribution in [0, 0.1) is 5.82 Å². The number of thioether (sulfide) groups is 1. The van der Waals surface area contributed by atoms with Crippen molar-refractivity contribution in [3.63, 3.8) is 0 Å². The summed E-state index contributed by atoms with van der Waals surface area (Å²) >= 11 is 1.29. The fourth-order valence-corrected chi connectivity index (χ4v) is 3.48. The molecule has 25 heavy (non-hydrogen) atoms. The minimum atomic E-state index is -0.408. The molecule has 1 heterocycles. The molecular formula is C17H19FN4O2S. The smallest absolute Gasteiger partial charge is 0.219 e. The van der Waals surface area contributed by atoms with Gasteiger partial charge < -0.3 is 10.3 Å². The minimum absolute atomic E-state index is 0.109. The van der Waals surface area contributed by atoms with Crippen molar-refractivity contribution in [2.75, 3.05) is 0 Å². The van der Waals surface area contributed by atoms with Gasteiger partial charge in [0.15, 0.2) is 10.9 Å². The Hall–Kier alpha value is -2.22. The number of carbonyl (C=O) groups is 2. The Morgan fingerprint density at radius 1 is 1.32 bits per heavy atom. The van der Waals surface area contributed by atoms with Crippen molar-refractivity contribution in [2.45, 2.75) is 49.1 Å². The third kappa shape index (κ3) is 4.25. The number of aromatic nitrogens is 3. The molecular weight excluding hydrogens is 343 g/mol. The molecule has 1 atom stereocenters. The first kappa shape index (κ1) is 17.6. The zero-order valence-corrected chi connectivity index (χ0v) is 14.6. The SMILES string of the molecule is CC(Sc1nnc(C2CC2)n1CCC(N)=O)C(=O)c1ccc(F)cc1. The quantitative estimate of drug-likeness (QED) is 0.576. The summed E-state index contributed by atoms with van der Waals surface area (Å²) in [5.41, 5.74) is 5.70. The normalized spacial score (nSPS) is 15.1. The van der Waals surface area contributed by atoms with E-state index in [0.717, 1.165) is 18.7 Å². The van der Waals surface area contributed by atoms with Crippen LogP contribution >= 0.6 is 11.8 Å². The van der Waals surface area contributed by atoms with Gasteiger partial charge in [0, 0.05) is 24.4 Å². The van der Waals surface area contributed by atoms with Gasteiger partial charge in [-0.25, -0.2) is 4.39 Å².